The van der Waals surface area contributed by atoms with Crippen LogP contribution in [0.2, 0.25) is 0 Å². The summed E-state index contributed by atoms with van der Waals surface area (Å²) in [5, 5.41) is 5.48. The van der Waals surface area contributed by atoms with Gasteiger partial charge in [-0.1, -0.05) is 25.0 Å². The van der Waals surface area contributed by atoms with Crippen LogP contribution in [0.15, 0.2) is 18.2 Å². The number of carbonyl (C=O) groups is 1. The first-order chi connectivity index (χ1) is 8.25. The van der Waals surface area contributed by atoms with Crippen LogP contribution in [-0.4, -0.2) is 6.03 Å². The fourth-order valence-corrected chi connectivity index (χ4v) is 2.96. The summed E-state index contributed by atoms with van der Waals surface area (Å²) in [7, 11) is 0. The predicted octanol–water partition coefficient (Wildman–Crippen LogP) is 3.19. The van der Waals surface area contributed by atoms with Gasteiger partial charge in [-0.3, -0.25) is 0 Å². The Hall–Kier alpha value is -1.58. The number of fused-ring (bicyclic) bond motifs is 1. The average molecular weight is 234 g/mol. The first-order valence-corrected chi connectivity index (χ1v) is 6.11. The third-order valence-electron chi connectivity index (χ3n) is 3.78. The lowest BCUT2D eigenvalue weighted by Crippen LogP contribution is -2.41. The minimum atomic E-state index is -0.347. The summed E-state index contributed by atoms with van der Waals surface area (Å²) < 4.78 is 13.7. The molecule has 1 aromatic carbocycles. The minimum Gasteiger partial charge on any atom is -0.331 e. The lowest BCUT2D eigenvalue weighted by Gasteiger charge is -2.31. The molecule has 4 heteroatoms. The Morgan fingerprint density at radius 3 is 2.76 bits per heavy atom. The maximum Gasteiger partial charge on any atom is 0.319 e. The van der Waals surface area contributed by atoms with Crippen LogP contribution < -0.4 is 10.6 Å². The minimum absolute atomic E-state index is 0.0306. The van der Waals surface area contributed by atoms with Crippen LogP contribution in [0.5, 0.6) is 0 Å². The summed E-state index contributed by atoms with van der Waals surface area (Å²) in [6.07, 6.45) is 4.63. The highest BCUT2D eigenvalue weighted by Crippen LogP contribution is 2.40. The third-order valence-corrected chi connectivity index (χ3v) is 3.78. The first-order valence-electron chi connectivity index (χ1n) is 6.11. The number of rotatable bonds is 1. The molecule has 3 rings (SSSR count). The van der Waals surface area contributed by atoms with E-state index in [9.17, 15) is 9.18 Å². The average Bonchev–Trinajstić information content (AvgIpc) is 2.83. The molecule has 1 fully saturated rings. The van der Waals surface area contributed by atoms with Crippen LogP contribution in [0.4, 0.5) is 14.9 Å². The zero-order valence-electron chi connectivity index (χ0n) is 9.50. The Kier molecular flexibility index (Phi) is 2.50. The first kappa shape index (κ1) is 10.6. The summed E-state index contributed by atoms with van der Waals surface area (Å²) >= 11 is 0. The second-order valence-electron chi connectivity index (χ2n) is 4.82. The number of carbonyl (C=O) groups excluding carboxylic acids is 1. The molecule has 90 valence electrons. The number of halogens is 1. The van der Waals surface area contributed by atoms with Crippen molar-refractivity contribution in [2.24, 2.45) is 5.92 Å². The second kappa shape index (κ2) is 4.02. The molecule has 2 amide bonds. The van der Waals surface area contributed by atoms with Crippen molar-refractivity contribution in [3.8, 4) is 0 Å². The standard InChI is InChI=1S/C13H15FN2O/c14-10-7-3-6-9-11(8-4-1-2-5-8)15-13(17)16-12(9)10/h3,6-8,11H,1-2,4-5H2,(H2,15,16,17). The van der Waals surface area contributed by atoms with E-state index in [2.05, 4.69) is 10.6 Å². The Bertz CT molecular complexity index is 455. The van der Waals surface area contributed by atoms with E-state index in [4.69, 9.17) is 0 Å². The molecule has 0 radical (unpaired) electrons. The Balaban J connectivity index is 2.01. The highest BCUT2D eigenvalue weighted by atomic mass is 19.1. The second-order valence-corrected chi connectivity index (χ2v) is 4.82. The van der Waals surface area contributed by atoms with Crippen LogP contribution in [0.1, 0.15) is 37.3 Å². The van der Waals surface area contributed by atoms with Gasteiger partial charge in [0.15, 0.2) is 0 Å². The van der Waals surface area contributed by atoms with Gasteiger partial charge in [-0.15, -0.1) is 0 Å². The SMILES string of the molecule is O=C1Nc2c(F)cccc2C(C2CCCC2)N1. The number of para-hydroxylation sites is 1. The normalized spacial score (nSPS) is 24.1. The number of urea groups is 1. The molecule has 0 saturated heterocycles. The molecule has 1 atom stereocenters. The molecule has 1 aliphatic heterocycles. The molecule has 0 aromatic heterocycles. The van der Waals surface area contributed by atoms with Crippen LogP contribution >= 0.6 is 0 Å². The molecule has 1 saturated carbocycles. The van der Waals surface area contributed by atoms with Crippen molar-refractivity contribution < 1.29 is 9.18 Å². The van der Waals surface area contributed by atoms with Crippen molar-refractivity contribution in [3.05, 3.63) is 29.6 Å². The van der Waals surface area contributed by atoms with Crippen molar-refractivity contribution in [1.29, 1.82) is 0 Å². The molecule has 1 aliphatic carbocycles. The van der Waals surface area contributed by atoms with Gasteiger partial charge in [-0.25, -0.2) is 9.18 Å². The fraction of sp³-hybridized carbons (Fsp3) is 0.462. The van der Waals surface area contributed by atoms with Crippen molar-refractivity contribution in [3.63, 3.8) is 0 Å². The molecular weight excluding hydrogens is 219 g/mol. The molecule has 2 aliphatic rings. The summed E-state index contributed by atoms with van der Waals surface area (Å²) in [6.45, 7) is 0. The largest absolute Gasteiger partial charge is 0.331 e. The van der Waals surface area contributed by atoms with Crippen LogP contribution in [0.3, 0.4) is 0 Å². The summed E-state index contributed by atoms with van der Waals surface area (Å²) in [6, 6.07) is 4.66. The number of anilines is 1. The fourth-order valence-electron chi connectivity index (χ4n) is 2.96. The van der Waals surface area contributed by atoms with E-state index in [0.29, 0.717) is 11.6 Å². The van der Waals surface area contributed by atoms with Crippen molar-refractivity contribution >= 4 is 11.7 Å². The smallest absolute Gasteiger partial charge is 0.319 e. The van der Waals surface area contributed by atoms with E-state index in [1.165, 1.54) is 18.9 Å². The van der Waals surface area contributed by atoms with Crippen molar-refractivity contribution in [1.82, 2.24) is 5.32 Å². The lowest BCUT2D eigenvalue weighted by molar-refractivity contribution is 0.240. The number of benzene rings is 1. The molecule has 1 unspecified atom stereocenters. The van der Waals surface area contributed by atoms with E-state index < -0.39 is 0 Å². The van der Waals surface area contributed by atoms with Gasteiger partial charge in [0.25, 0.3) is 0 Å². The molecule has 1 heterocycles. The van der Waals surface area contributed by atoms with Gasteiger partial charge in [0, 0.05) is 5.56 Å². The Morgan fingerprint density at radius 1 is 1.24 bits per heavy atom. The predicted molar refractivity (Wildman–Crippen MR) is 63.3 cm³/mol. The van der Waals surface area contributed by atoms with E-state index in [1.807, 2.05) is 6.07 Å². The number of amides is 2. The van der Waals surface area contributed by atoms with E-state index in [0.717, 1.165) is 18.4 Å². The monoisotopic (exact) mass is 234 g/mol. The van der Waals surface area contributed by atoms with Gasteiger partial charge in [0.05, 0.1) is 11.7 Å². The molecule has 17 heavy (non-hydrogen) atoms. The van der Waals surface area contributed by atoms with Gasteiger partial charge < -0.3 is 10.6 Å². The summed E-state index contributed by atoms with van der Waals surface area (Å²) in [4.78, 5) is 11.6. The number of nitrogens with one attached hydrogen (secondary N) is 2. The number of hydrogen-bond acceptors (Lipinski definition) is 1. The van der Waals surface area contributed by atoms with E-state index >= 15 is 0 Å². The molecule has 3 nitrogen and oxygen atoms in total. The Morgan fingerprint density at radius 2 is 2.00 bits per heavy atom. The molecule has 2 N–H and O–H groups in total. The highest BCUT2D eigenvalue weighted by Gasteiger charge is 2.33. The van der Waals surface area contributed by atoms with Gasteiger partial charge >= 0.3 is 6.03 Å². The maximum absolute atomic E-state index is 13.7. The van der Waals surface area contributed by atoms with E-state index in [-0.39, 0.29) is 17.9 Å². The van der Waals surface area contributed by atoms with Crippen LogP contribution in [-0.2, 0) is 0 Å². The van der Waals surface area contributed by atoms with Gasteiger partial charge in [-0.2, -0.15) is 0 Å². The van der Waals surface area contributed by atoms with Crippen LogP contribution in [0, 0.1) is 11.7 Å². The van der Waals surface area contributed by atoms with Crippen molar-refractivity contribution in [2.75, 3.05) is 5.32 Å². The summed E-state index contributed by atoms with van der Waals surface area (Å²) in [5.41, 5.74) is 1.24. The highest BCUT2D eigenvalue weighted by molar-refractivity contribution is 5.93. The zero-order chi connectivity index (χ0) is 11.8. The van der Waals surface area contributed by atoms with Crippen molar-refractivity contribution in [2.45, 2.75) is 31.7 Å². The van der Waals surface area contributed by atoms with Gasteiger partial charge in [-0.05, 0) is 24.8 Å². The Labute approximate surface area is 99.4 Å². The van der Waals surface area contributed by atoms with Gasteiger partial charge in [0.1, 0.15) is 5.82 Å². The molecule has 1 aromatic rings. The van der Waals surface area contributed by atoms with E-state index in [1.54, 1.807) is 6.07 Å². The molecule has 0 bridgehead atoms. The number of hydrogen-bond donors (Lipinski definition) is 2. The third kappa shape index (κ3) is 1.77. The van der Waals surface area contributed by atoms with Crippen LogP contribution in [0.25, 0.3) is 0 Å². The maximum atomic E-state index is 13.7. The zero-order valence-corrected chi connectivity index (χ0v) is 9.50. The van der Waals surface area contributed by atoms with Gasteiger partial charge in [0.2, 0.25) is 0 Å². The topological polar surface area (TPSA) is 41.1 Å². The lowest BCUT2D eigenvalue weighted by atomic mass is 9.89. The molecule has 0 spiro atoms. The summed E-state index contributed by atoms with van der Waals surface area (Å²) in [5.74, 6) is 0.0990. The molecular formula is C13H15FN2O. The quantitative estimate of drug-likeness (QED) is 0.769.